The van der Waals surface area contributed by atoms with E-state index in [0.717, 1.165) is 38.0 Å². The van der Waals surface area contributed by atoms with Gasteiger partial charge in [-0.2, -0.15) is 0 Å². The van der Waals surface area contributed by atoms with Crippen LogP contribution in [-0.2, 0) is 11.3 Å². The van der Waals surface area contributed by atoms with Gasteiger partial charge in [-0.3, -0.25) is 4.90 Å². The molecule has 1 aromatic carbocycles. The van der Waals surface area contributed by atoms with Crippen LogP contribution in [0.5, 0.6) is 5.75 Å². The number of aromatic hydroxyl groups is 1. The summed E-state index contributed by atoms with van der Waals surface area (Å²) < 4.78 is 5.54. The van der Waals surface area contributed by atoms with Crippen LogP contribution in [0.15, 0.2) is 18.2 Å². The average molecular weight is 266 g/mol. The van der Waals surface area contributed by atoms with Crippen LogP contribution in [0.2, 0.25) is 0 Å². The number of likely N-dealkylation sites (tertiary alicyclic amines) is 1. The van der Waals surface area contributed by atoms with Crippen molar-refractivity contribution in [3.8, 4) is 5.75 Å². The predicted octanol–water partition coefficient (Wildman–Crippen LogP) is 0.948. The van der Waals surface area contributed by atoms with Gasteiger partial charge in [-0.05, 0) is 30.5 Å². The first kappa shape index (κ1) is 14.1. The third kappa shape index (κ3) is 4.09. The van der Waals surface area contributed by atoms with E-state index in [1.54, 1.807) is 6.07 Å². The lowest BCUT2D eigenvalue weighted by atomic mass is 10.1. The molecule has 4 N–H and O–H groups in total. The van der Waals surface area contributed by atoms with Crippen LogP contribution < -0.4 is 5.73 Å². The van der Waals surface area contributed by atoms with E-state index in [9.17, 15) is 5.11 Å². The molecule has 0 unspecified atom stereocenters. The van der Waals surface area contributed by atoms with Crippen molar-refractivity contribution >= 4 is 5.69 Å². The second kappa shape index (κ2) is 6.75. The summed E-state index contributed by atoms with van der Waals surface area (Å²) in [6, 6.07) is 5.37. The number of nitrogens with zero attached hydrogens (tertiary/aromatic N) is 1. The number of aliphatic hydroxyl groups excluding tert-OH is 1. The van der Waals surface area contributed by atoms with Crippen molar-refractivity contribution in [2.24, 2.45) is 0 Å². The molecule has 5 heteroatoms. The number of anilines is 1. The molecular formula is C14H22N2O3. The SMILES string of the molecule is Nc1cc(CN2CCC(OCCO)CC2)ccc1O. The Labute approximate surface area is 113 Å². The first-order valence-electron chi connectivity index (χ1n) is 6.71. The van der Waals surface area contributed by atoms with Crippen LogP contribution in [0.3, 0.4) is 0 Å². The van der Waals surface area contributed by atoms with Gasteiger partial charge in [0.2, 0.25) is 0 Å². The molecule has 1 aliphatic rings. The number of nitrogens with two attached hydrogens (primary N) is 1. The lowest BCUT2D eigenvalue weighted by Crippen LogP contribution is -2.36. The highest BCUT2D eigenvalue weighted by Crippen LogP contribution is 2.22. The van der Waals surface area contributed by atoms with E-state index in [0.29, 0.717) is 12.3 Å². The third-order valence-corrected chi connectivity index (χ3v) is 3.48. The molecule has 0 bridgehead atoms. The molecule has 0 aromatic heterocycles. The fraction of sp³-hybridized carbons (Fsp3) is 0.571. The molecule has 0 atom stereocenters. The molecule has 5 nitrogen and oxygen atoms in total. The predicted molar refractivity (Wildman–Crippen MR) is 73.9 cm³/mol. The second-order valence-corrected chi connectivity index (χ2v) is 4.96. The fourth-order valence-corrected chi connectivity index (χ4v) is 2.41. The van der Waals surface area contributed by atoms with Crippen LogP contribution in [0, 0.1) is 0 Å². The van der Waals surface area contributed by atoms with E-state index < -0.39 is 0 Å². The molecule has 0 saturated carbocycles. The first-order chi connectivity index (χ1) is 9.19. The zero-order chi connectivity index (χ0) is 13.7. The fourth-order valence-electron chi connectivity index (χ4n) is 2.41. The van der Waals surface area contributed by atoms with Gasteiger partial charge in [0.15, 0.2) is 0 Å². The molecule has 0 spiro atoms. The van der Waals surface area contributed by atoms with Crippen molar-refractivity contribution in [3.05, 3.63) is 23.8 Å². The number of benzene rings is 1. The highest BCUT2D eigenvalue weighted by molar-refractivity contribution is 5.53. The first-order valence-corrected chi connectivity index (χ1v) is 6.71. The summed E-state index contributed by atoms with van der Waals surface area (Å²) in [5.41, 5.74) is 7.24. The molecule has 1 aliphatic heterocycles. The number of phenols is 1. The van der Waals surface area contributed by atoms with Crippen LogP contribution in [-0.4, -0.2) is 47.5 Å². The number of aliphatic hydroxyl groups is 1. The number of ether oxygens (including phenoxy) is 1. The summed E-state index contributed by atoms with van der Waals surface area (Å²) in [7, 11) is 0. The van der Waals surface area contributed by atoms with Gasteiger partial charge < -0.3 is 20.7 Å². The maximum atomic E-state index is 9.39. The molecule has 19 heavy (non-hydrogen) atoms. The van der Waals surface area contributed by atoms with Crippen LogP contribution in [0.4, 0.5) is 5.69 Å². The van der Waals surface area contributed by atoms with Gasteiger partial charge in [-0.15, -0.1) is 0 Å². The summed E-state index contributed by atoms with van der Waals surface area (Å²) in [6.45, 7) is 3.33. The Morgan fingerprint density at radius 3 is 2.68 bits per heavy atom. The number of hydrogen-bond donors (Lipinski definition) is 3. The normalized spacial score (nSPS) is 17.7. The molecule has 1 saturated heterocycles. The minimum Gasteiger partial charge on any atom is -0.506 e. The molecule has 0 radical (unpaired) electrons. The number of phenolic OH excluding ortho intramolecular Hbond substituents is 1. The Balaban J connectivity index is 1.80. The lowest BCUT2D eigenvalue weighted by Gasteiger charge is -2.31. The number of nitrogen functional groups attached to an aromatic ring is 1. The van der Waals surface area contributed by atoms with Crippen LogP contribution in [0.25, 0.3) is 0 Å². The van der Waals surface area contributed by atoms with E-state index in [4.69, 9.17) is 15.6 Å². The van der Waals surface area contributed by atoms with Gasteiger partial charge in [-0.1, -0.05) is 6.07 Å². The smallest absolute Gasteiger partial charge is 0.138 e. The zero-order valence-corrected chi connectivity index (χ0v) is 11.1. The molecule has 0 amide bonds. The largest absolute Gasteiger partial charge is 0.506 e. The average Bonchev–Trinajstić information content (AvgIpc) is 2.42. The summed E-state index contributed by atoms with van der Waals surface area (Å²) >= 11 is 0. The standard InChI is InChI=1S/C14H22N2O3/c15-13-9-11(1-2-14(13)18)10-16-5-3-12(4-6-16)19-8-7-17/h1-2,9,12,17-18H,3-8,10,15H2. The van der Waals surface area contributed by atoms with Crippen molar-refractivity contribution in [1.82, 2.24) is 4.90 Å². The van der Waals surface area contributed by atoms with Gasteiger partial charge in [0.05, 0.1) is 25.0 Å². The zero-order valence-electron chi connectivity index (χ0n) is 11.1. The monoisotopic (exact) mass is 266 g/mol. The molecule has 1 aromatic rings. The van der Waals surface area contributed by atoms with Crippen molar-refractivity contribution < 1.29 is 14.9 Å². The second-order valence-electron chi connectivity index (χ2n) is 4.96. The molecule has 2 rings (SSSR count). The Morgan fingerprint density at radius 2 is 2.05 bits per heavy atom. The number of piperidine rings is 1. The summed E-state index contributed by atoms with van der Waals surface area (Å²) in [6.07, 6.45) is 2.26. The van der Waals surface area contributed by atoms with Crippen molar-refractivity contribution in [3.63, 3.8) is 0 Å². The summed E-state index contributed by atoms with van der Waals surface area (Å²) in [5.74, 6) is 0.139. The minimum absolute atomic E-state index is 0.0903. The summed E-state index contributed by atoms with van der Waals surface area (Å²) in [5, 5.41) is 18.1. The minimum atomic E-state index is 0.0903. The van der Waals surface area contributed by atoms with Crippen molar-refractivity contribution in [2.45, 2.75) is 25.5 Å². The van der Waals surface area contributed by atoms with Crippen LogP contribution >= 0.6 is 0 Å². The van der Waals surface area contributed by atoms with E-state index >= 15 is 0 Å². The highest BCUT2D eigenvalue weighted by atomic mass is 16.5. The molecule has 1 fully saturated rings. The molecule has 106 valence electrons. The lowest BCUT2D eigenvalue weighted by molar-refractivity contribution is -0.00901. The topological polar surface area (TPSA) is 79.0 Å². The van der Waals surface area contributed by atoms with Crippen molar-refractivity contribution in [1.29, 1.82) is 0 Å². The van der Waals surface area contributed by atoms with Crippen LogP contribution in [0.1, 0.15) is 18.4 Å². The molecule has 1 heterocycles. The molecule has 0 aliphatic carbocycles. The Kier molecular flexibility index (Phi) is 5.01. The number of hydrogen-bond acceptors (Lipinski definition) is 5. The maximum absolute atomic E-state index is 9.39. The van der Waals surface area contributed by atoms with Gasteiger partial charge in [0.25, 0.3) is 0 Å². The third-order valence-electron chi connectivity index (χ3n) is 3.48. The Bertz CT molecular complexity index is 404. The Morgan fingerprint density at radius 1 is 1.32 bits per heavy atom. The maximum Gasteiger partial charge on any atom is 0.138 e. The van der Waals surface area contributed by atoms with Gasteiger partial charge in [0.1, 0.15) is 5.75 Å². The van der Waals surface area contributed by atoms with Gasteiger partial charge in [0, 0.05) is 19.6 Å². The quantitative estimate of drug-likeness (QED) is 0.546. The highest BCUT2D eigenvalue weighted by Gasteiger charge is 2.19. The van der Waals surface area contributed by atoms with E-state index in [1.807, 2.05) is 12.1 Å². The summed E-state index contributed by atoms with van der Waals surface area (Å²) in [4.78, 5) is 2.35. The van der Waals surface area contributed by atoms with E-state index in [-0.39, 0.29) is 18.5 Å². The van der Waals surface area contributed by atoms with E-state index in [1.165, 1.54) is 0 Å². The van der Waals surface area contributed by atoms with Crippen molar-refractivity contribution in [2.75, 3.05) is 32.0 Å². The van der Waals surface area contributed by atoms with Gasteiger partial charge in [-0.25, -0.2) is 0 Å². The van der Waals surface area contributed by atoms with Gasteiger partial charge >= 0.3 is 0 Å². The van der Waals surface area contributed by atoms with E-state index in [2.05, 4.69) is 4.90 Å². The molecular weight excluding hydrogens is 244 g/mol. The number of rotatable bonds is 5. The Hall–Kier alpha value is -1.30.